The number of benzene rings is 3. The molecule has 0 aliphatic heterocycles. The number of amides is 1. The van der Waals surface area contributed by atoms with Crippen molar-refractivity contribution in [2.75, 3.05) is 25.1 Å². The smallest absolute Gasteiger partial charge is 0.264 e. The number of hydrogen-bond donors (Lipinski definition) is 1. The van der Waals surface area contributed by atoms with Crippen LogP contribution >= 0.6 is 15.9 Å². The van der Waals surface area contributed by atoms with E-state index in [2.05, 4.69) is 26.5 Å². The molecule has 0 bridgehead atoms. The van der Waals surface area contributed by atoms with Crippen LogP contribution in [-0.4, -0.2) is 40.8 Å². The van der Waals surface area contributed by atoms with Gasteiger partial charge in [-0.3, -0.25) is 9.10 Å². The molecule has 0 fully saturated rings. The van der Waals surface area contributed by atoms with E-state index in [1.54, 1.807) is 31.2 Å². The van der Waals surface area contributed by atoms with Gasteiger partial charge in [-0.25, -0.2) is 13.8 Å². The molecular formula is C25H26BrN3O5S. The molecule has 3 aromatic carbocycles. The minimum absolute atomic E-state index is 0.0441. The van der Waals surface area contributed by atoms with Crippen molar-refractivity contribution in [3.8, 4) is 11.5 Å². The summed E-state index contributed by atoms with van der Waals surface area (Å²) in [5, 5.41) is 4.14. The highest BCUT2D eigenvalue weighted by atomic mass is 79.9. The first kappa shape index (κ1) is 26.2. The summed E-state index contributed by atoms with van der Waals surface area (Å²) in [6.07, 6.45) is 0. The van der Waals surface area contributed by atoms with Gasteiger partial charge in [0.15, 0.2) is 0 Å². The number of halogens is 1. The van der Waals surface area contributed by atoms with Crippen molar-refractivity contribution in [3.05, 3.63) is 82.3 Å². The molecule has 35 heavy (non-hydrogen) atoms. The van der Waals surface area contributed by atoms with Crippen LogP contribution in [0.25, 0.3) is 0 Å². The standard InChI is InChI=1S/C25H26BrN3O5S/c1-17-8-11-22(12-9-17)35(31,32)29(23-13-10-21(33-3)15-24(23)34-4)16-25(30)28-27-18(2)19-6-5-7-20(26)14-19/h5-15H,16H2,1-4H3,(H,28,30)/b27-18-. The molecule has 0 aliphatic carbocycles. The van der Waals surface area contributed by atoms with Gasteiger partial charge in [0, 0.05) is 10.5 Å². The summed E-state index contributed by atoms with van der Waals surface area (Å²) in [4.78, 5) is 12.9. The number of nitrogens with zero attached hydrogens (tertiary/aromatic N) is 2. The lowest BCUT2D eigenvalue weighted by Crippen LogP contribution is -2.40. The first-order valence-electron chi connectivity index (χ1n) is 10.6. The second-order valence-corrected chi connectivity index (χ2v) is 10.4. The molecule has 0 radical (unpaired) electrons. The number of carbonyl (C=O) groups is 1. The van der Waals surface area contributed by atoms with E-state index in [0.29, 0.717) is 11.5 Å². The number of anilines is 1. The fourth-order valence-electron chi connectivity index (χ4n) is 3.22. The summed E-state index contributed by atoms with van der Waals surface area (Å²) in [7, 11) is -1.21. The van der Waals surface area contributed by atoms with Crippen LogP contribution in [-0.2, 0) is 14.8 Å². The van der Waals surface area contributed by atoms with Crippen molar-refractivity contribution < 1.29 is 22.7 Å². The Kier molecular flexibility index (Phi) is 8.52. The molecule has 0 atom stereocenters. The molecule has 10 heteroatoms. The van der Waals surface area contributed by atoms with Gasteiger partial charge in [0.05, 0.1) is 30.5 Å². The Morgan fingerprint density at radius 2 is 1.74 bits per heavy atom. The van der Waals surface area contributed by atoms with Gasteiger partial charge in [0.25, 0.3) is 15.9 Å². The maximum Gasteiger partial charge on any atom is 0.264 e. The van der Waals surface area contributed by atoms with Crippen LogP contribution in [0.4, 0.5) is 5.69 Å². The third kappa shape index (κ3) is 6.40. The number of carbonyl (C=O) groups excluding carboxylic acids is 1. The number of hydrazone groups is 1. The molecule has 0 saturated heterocycles. The summed E-state index contributed by atoms with van der Waals surface area (Å²) in [6, 6.07) is 18.5. The Balaban J connectivity index is 1.96. The minimum Gasteiger partial charge on any atom is -0.497 e. The van der Waals surface area contributed by atoms with Crippen LogP contribution < -0.4 is 19.2 Å². The van der Waals surface area contributed by atoms with E-state index in [1.807, 2.05) is 31.2 Å². The topological polar surface area (TPSA) is 97.3 Å². The average molecular weight is 560 g/mol. The Morgan fingerprint density at radius 3 is 2.37 bits per heavy atom. The quantitative estimate of drug-likeness (QED) is 0.307. The number of hydrogen-bond acceptors (Lipinski definition) is 6. The summed E-state index contributed by atoms with van der Waals surface area (Å²) in [5.41, 5.74) is 4.93. The lowest BCUT2D eigenvalue weighted by atomic mass is 10.1. The maximum atomic E-state index is 13.6. The van der Waals surface area contributed by atoms with Crippen molar-refractivity contribution in [1.82, 2.24) is 5.43 Å². The van der Waals surface area contributed by atoms with E-state index < -0.39 is 22.5 Å². The average Bonchev–Trinajstić information content (AvgIpc) is 2.85. The van der Waals surface area contributed by atoms with Crippen LogP contribution in [0.2, 0.25) is 0 Å². The molecule has 3 rings (SSSR count). The van der Waals surface area contributed by atoms with Gasteiger partial charge in [-0.05, 0) is 55.8 Å². The van der Waals surface area contributed by atoms with Crippen molar-refractivity contribution in [2.45, 2.75) is 18.7 Å². The number of sulfonamides is 1. The number of aryl methyl sites for hydroxylation is 1. The predicted molar refractivity (Wildman–Crippen MR) is 140 cm³/mol. The second-order valence-electron chi connectivity index (χ2n) is 7.61. The zero-order chi connectivity index (χ0) is 25.6. The van der Waals surface area contributed by atoms with Crippen LogP contribution in [0, 0.1) is 6.92 Å². The van der Waals surface area contributed by atoms with Crippen molar-refractivity contribution in [1.29, 1.82) is 0 Å². The van der Waals surface area contributed by atoms with Gasteiger partial charge in [0.2, 0.25) is 0 Å². The number of methoxy groups -OCH3 is 2. The predicted octanol–water partition coefficient (Wildman–Crippen LogP) is 4.51. The Hall–Kier alpha value is -3.37. The van der Waals surface area contributed by atoms with E-state index in [0.717, 1.165) is 19.9 Å². The van der Waals surface area contributed by atoms with Crippen LogP contribution in [0.3, 0.4) is 0 Å². The zero-order valence-corrected chi connectivity index (χ0v) is 22.2. The number of rotatable bonds is 9. The number of ether oxygens (including phenoxy) is 2. The fraction of sp³-hybridized carbons (Fsp3) is 0.200. The monoisotopic (exact) mass is 559 g/mol. The SMILES string of the molecule is COc1ccc(N(CC(=O)N/N=C(/C)c2cccc(Br)c2)S(=O)(=O)c2ccc(C)cc2)c(OC)c1. The van der Waals surface area contributed by atoms with E-state index in [-0.39, 0.29) is 16.3 Å². The Morgan fingerprint density at radius 1 is 1.03 bits per heavy atom. The van der Waals surface area contributed by atoms with Gasteiger partial charge < -0.3 is 9.47 Å². The molecule has 0 spiro atoms. The molecule has 1 amide bonds. The second kappa shape index (κ2) is 11.4. The first-order chi connectivity index (χ1) is 16.6. The Bertz CT molecular complexity index is 1340. The largest absolute Gasteiger partial charge is 0.497 e. The molecule has 8 nitrogen and oxygen atoms in total. The van der Waals surface area contributed by atoms with Gasteiger partial charge in [-0.1, -0.05) is 45.8 Å². The molecule has 0 saturated carbocycles. The summed E-state index contributed by atoms with van der Waals surface area (Å²) in [6.45, 7) is 3.09. The lowest BCUT2D eigenvalue weighted by molar-refractivity contribution is -0.119. The molecular weight excluding hydrogens is 534 g/mol. The third-order valence-corrected chi connectivity index (χ3v) is 7.41. The van der Waals surface area contributed by atoms with Gasteiger partial charge in [0.1, 0.15) is 18.0 Å². The molecule has 0 aromatic heterocycles. The lowest BCUT2D eigenvalue weighted by Gasteiger charge is -2.25. The van der Waals surface area contributed by atoms with Crippen molar-refractivity contribution in [3.63, 3.8) is 0 Å². The highest BCUT2D eigenvalue weighted by Gasteiger charge is 2.29. The van der Waals surface area contributed by atoms with Crippen LogP contribution in [0.5, 0.6) is 11.5 Å². The van der Waals surface area contributed by atoms with Gasteiger partial charge >= 0.3 is 0 Å². The van der Waals surface area contributed by atoms with Crippen molar-refractivity contribution >= 4 is 43.3 Å². The first-order valence-corrected chi connectivity index (χ1v) is 12.8. The Labute approximate surface area is 213 Å². The zero-order valence-electron chi connectivity index (χ0n) is 19.8. The highest BCUT2D eigenvalue weighted by Crippen LogP contribution is 2.35. The van der Waals surface area contributed by atoms with E-state index >= 15 is 0 Å². The summed E-state index contributed by atoms with van der Waals surface area (Å²) >= 11 is 3.40. The molecule has 0 unspecified atom stereocenters. The van der Waals surface area contributed by atoms with Crippen LogP contribution in [0.15, 0.2) is 81.2 Å². The molecule has 1 N–H and O–H groups in total. The molecule has 0 aliphatic rings. The summed E-state index contributed by atoms with van der Waals surface area (Å²) < 4.78 is 39.7. The molecule has 0 heterocycles. The summed E-state index contributed by atoms with van der Waals surface area (Å²) in [5.74, 6) is 0.103. The minimum atomic E-state index is -4.12. The van der Waals surface area contributed by atoms with E-state index in [4.69, 9.17) is 9.47 Å². The van der Waals surface area contributed by atoms with Crippen LogP contribution in [0.1, 0.15) is 18.1 Å². The van der Waals surface area contributed by atoms with E-state index in [9.17, 15) is 13.2 Å². The van der Waals surface area contributed by atoms with Crippen molar-refractivity contribution in [2.24, 2.45) is 5.10 Å². The van der Waals surface area contributed by atoms with Gasteiger partial charge in [-0.2, -0.15) is 5.10 Å². The third-order valence-electron chi connectivity index (χ3n) is 5.14. The molecule has 3 aromatic rings. The fourth-order valence-corrected chi connectivity index (χ4v) is 5.05. The number of nitrogens with one attached hydrogen (secondary N) is 1. The van der Waals surface area contributed by atoms with E-state index in [1.165, 1.54) is 32.4 Å². The normalized spacial score (nSPS) is 11.6. The van der Waals surface area contributed by atoms with Gasteiger partial charge in [-0.15, -0.1) is 0 Å². The maximum absolute atomic E-state index is 13.6. The molecule has 184 valence electrons. The highest BCUT2D eigenvalue weighted by molar-refractivity contribution is 9.10.